The number of rotatable bonds is 7. The van der Waals surface area contributed by atoms with Crippen LogP contribution in [0.4, 0.5) is 27.5 Å². The van der Waals surface area contributed by atoms with E-state index in [2.05, 4.69) is 56.9 Å². The van der Waals surface area contributed by atoms with Crippen LogP contribution in [-0.4, -0.2) is 53.0 Å². The molecule has 0 unspecified atom stereocenters. The number of halogens is 3. The van der Waals surface area contributed by atoms with Crippen LogP contribution in [0.1, 0.15) is 24.8 Å². The summed E-state index contributed by atoms with van der Waals surface area (Å²) in [6.07, 6.45) is 8.36. The predicted octanol–water partition coefficient (Wildman–Crippen LogP) is 4.11. The zero-order chi connectivity index (χ0) is 23.8. The number of nitrogens with zero attached hydrogens (tertiary/aromatic N) is 3. The Morgan fingerprint density at radius 1 is 1.14 bits per heavy atom. The van der Waals surface area contributed by atoms with Gasteiger partial charge in [0.15, 0.2) is 11.6 Å². The molecule has 1 saturated heterocycles. The first-order valence-corrected chi connectivity index (χ1v) is 12.0. The lowest BCUT2D eigenvalue weighted by Crippen LogP contribution is -2.41. The van der Waals surface area contributed by atoms with Gasteiger partial charge in [0.2, 0.25) is 11.9 Å². The number of piperidine rings is 1. The molecule has 2 aliphatic carbocycles. The van der Waals surface area contributed by atoms with E-state index in [0.29, 0.717) is 6.04 Å². The van der Waals surface area contributed by atoms with Crippen molar-refractivity contribution in [1.82, 2.24) is 14.9 Å². The highest BCUT2D eigenvalue weighted by Crippen LogP contribution is 2.44. The minimum absolute atomic E-state index is 0. The van der Waals surface area contributed by atoms with Crippen LogP contribution in [0.2, 0.25) is 0 Å². The number of likely N-dealkylation sites (tertiary alicyclic amines) is 1. The van der Waals surface area contributed by atoms with E-state index in [-0.39, 0.29) is 66.3 Å². The Balaban J connectivity index is 0.00000180. The third-order valence-electron chi connectivity index (χ3n) is 7.40. The van der Waals surface area contributed by atoms with Crippen molar-refractivity contribution in [3.05, 3.63) is 47.9 Å². The first-order valence-electron chi connectivity index (χ1n) is 12.0. The maximum atomic E-state index is 14.5. The van der Waals surface area contributed by atoms with Gasteiger partial charge < -0.3 is 26.6 Å². The van der Waals surface area contributed by atoms with Crippen molar-refractivity contribution in [1.29, 1.82) is 0 Å². The molecule has 5 N–H and O–H groups in total. The number of aromatic nitrogens is 2. The second-order valence-corrected chi connectivity index (χ2v) is 9.81. The number of fused-ring (bicyclic) bond motifs is 2. The van der Waals surface area contributed by atoms with Gasteiger partial charge in [-0.2, -0.15) is 4.98 Å². The molecule has 5 rings (SSSR count). The number of carbonyl (C=O) groups is 1. The quantitative estimate of drug-likeness (QED) is 0.393. The number of benzene rings is 1. The number of anilines is 4. The van der Waals surface area contributed by atoms with Gasteiger partial charge in [0, 0.05) is 23.5 Å². The summed E-state index contributed by atoms with van der Waals surface area (Å²) in [6.45, 7) is 4.27. The Kier molecular flexibility index (Phi) is 9.03. The van der Waals surface area contributed by atoms with E-state index in [1.807, 2.05) is 18.2 Å². The molecule has 196 valence electrons. The number of hydrogen-bond donors (Lipinski definition) is 4. The molecule has 1 aliphatic heterocycles. The minimum Gasteiger partial charge on any atom is -0.382 e. The SMILES string of the molecule is Cc1cc(Nc2ncc(F)c(N[C@H]3[C@@H](C(N)=O)[C@@H]4C=C[C@H]3C4)n2)ccc1NC1CCN(C)CC1.Cl.Cl. The van der Waals surface area contributed by atoms with Gasteiger partial charge in [-0.15, -0.1) is 24.8 Å². The van der Waals surface area contributed by atoms with Crippen molar-refractivity contribution in [3.8, 4) is 0 Å². The summed E-state index contributed by atoms with van der Waals surface area (Å²) >= 11 is 0. The Hall–Kier alpha value is -2.62. The van der Waals surface area contributed by atoms with E-state index in [4.69, 9.17) is 5.73 Å². The Bertz CT molecular complexity index is 1110. The molecule has 2 fully saturated rings. The first kappa shape index (κ1) is 28.0. The number of nitrogens with two attached hydrogens (primary N) is 1. The van der Waals surface area contributed by atoms with Crippen LogP contribution in [0.15, 0.2) is 36.5 Å². The van der Waals surface area contributed by atoms with Crippen LogP contribution in [0, 0.1) is 30.5 Å². The predicted molar refractivity (Wildman–Crippen MR) is 146 cm³/mol. The average molecular weight is 538 g/mol. The van der Waals surface area contributed by atoms with Crippen molar-refractivity contribution in [3.63, 3.8) is 0 Å². The number of hydrogen-bond acceptors (Lipinski definition) is 7. The van der Waals surface area contributed by atoms with Gasteiger partial charge in [-0.3, -0.25) is 4.79 Å². The third-order valence-corrected chi connectivity index (χ3v) is 7.40. The molecule has 3 aliphatic rings. The van der Waals surface area contributed by atoms with E-state index in [9.17, 15) is 9.18 Å². The van der Waals surface area contributed by atoms with Crippen molar-refractivity contribution in [2.24, 2.45) is 23.5 Å². The molecular weight excluding hydrogens is 504 g/mol. The molecule has 1 aromatic heterocycles. The van der Waals surface area contributed by atoms with Crippen LogP contribution >= 0.6 is 24.8 Å². The first-order chi connectivity index (χ1) is 16.4. The molecule has 1 aromatic carbocycles. The van der Waals surface area contributed by atoms with E-state index >= 15 is 0 Å². The number of amides is 1. The highest BCUT2D eigenvalue weighted by molar-refractivity contribution is 5.85. The lowest BCUT2D eigenvalue weighted by molar-refractivity contribution is -0.122. The third kappa shape index (κ3) is 5.85. The minimum atomic E-state index is -0.561. The fourth-order valence-corrected chi connectivity index (χ4v) is 5.50. The lowest BCUT2D eigenvalue weighted by Gasteiger charge is -2.30. The summed E-state index contributed by atoms with van der Waals surface area (Å²) in [5, 5.41) is 9.96. The maximum absolute atomic E-state index is 14.5. The largest absolute Gasteiger partial charge is 0.382 e. The van der Waals surface area contributed by atoms with Crippen molar-refractivity contribution in [2.45, 2.75) is 38.3 Å². The molecule has 0 radical (unpaired) electrons. The maximum Gasteiger partial charge on any atom is 0.229 e. The number of allylic oxidation sites excluding steroid dienone is 1. The fourth-order valence-electron chi connectivity index (χ4n) is 5.50. The molecule has 4 atom stereocenters. The summed E-state index contributed by atoms with van der Waals surface area (Å²) in [4.78, 5) is 22.8. The molecule has 2 heterocycles. The molecule has 2 bridgehead atoms. The molecular formula is C25H34Cl2FN7O. The van der Waals surface area contributed by atoms with E-state index in [1.165, 1.54) is 0 Å². The highest BCUT2D eigenvalue weighted by atomic mass is 35.5. The van der Waals surface area contributed by atoms with Crippen molar-refractivity contribution >= 4 is 53.9 Å². The average Bonchev–Trinajstić information content (AvgIpc) is 3.41. The number of nitrogens with one attached hydrogen (secondary N) is 3. The molecule has 36 heavy (non-hydrogen) atoms. The number of primary amides is 1. The number of aryl methyl sites for hydroxylation is 1. The summed E-state index contributed by atoms with van der Waals surface area (Å²) in [6, 6.07) is 6.26. The van der Waals surface area contributed by atoms with Crippen molar-refractivity contribution < 1.29 is 9.18 Å². The van der Waals surface area contributed by atoms with E-state index in [1.54, 1.807) is 0 Å². The number of carbonyl (C=O) groups excluding carboxylic acids is 1. The highest BCUT2D eigenvalue weighted by Gasteiger charge is 2.47. The van der Waals surface area contributed by atoms with Crippen LogP contribution in [0.5, 0.6) is 0 Å². The normalized spacial score (nSPS) is 25.1. The Morgan fingerprint density at radius 3 is 2.56 bits per heavy atom. The lowest BCUT2D eigenvalue weighted by atomic mass is 9.88. The van der Waals surface area contributed by atoms with Crippen LogP contribution in [0.25, 0.3) is 0 Å². The van der Waals surface area contributed by atoms with Gasteiger partial charge in [0.25, 0.3) is 0 Å². The van der Waals surface area contributed by atoms with Crippen LogP contribution in [-0.2, 0) is 4.79 Å². The van der Waals surface area contributed by atoms with E-state index < -0.39 is 5.82 Å². The molecule has 11 heteroatoms. The molecule has 1 saturated carbocycles. The van der Waals surface area contributed by atoms with Crippen LogP contribution in [0.3, 0.4) is 0 Å². The standard InChI is InChI=1S/C25H32FN7O.2ClH/c1-14-11-18(5-6-20(14)29-17-7-9-33(2)10-8-17)30-25-28-13-19(26)24(32-25)31-22-16-4-3-15(12-16)21(22)23(27)34;;/h3-6,11,13,15-17,21-22,29H,7-10,12H2,1-2H3,(H2,27,34)(H2,28,30,31,32);2*1H/t15-,16+,21+,22-;;/m1../s1. The van der Waals surface area contributed by atoms with Gasteiger partial charge in [0.1, 0.15) is 0 Å². The monoisotopic (exact) mass is 537 g/mol. The molecule has 1 amide bonds. The Morgan fingerprint density at radius 2 is 1.86 bits per heavy atom. The molecule has 8 nitrogen and oxygen atoms in total. The van der Waals surface area contributed by atoms with Crippen molar-refractivity contribution in [2.75, 3.05) is 36.1 Å². The molecule has 2 aromatic rings. The van der Waals surface area contributed by atoms with E-state index in [0.717, 1.165) is 55.5 Å². The Labute approximate surface area is 223 Å². The van der Waals surface area contributed by atoms with Gasteiger partial charge in [-0.25, -0.2) is 9.37 Å². The van der Waals surface area contributed by atoms with Gasteiger partial charge in [-0.1, -0.05) is 12.2 Å². The zero-order valence-corrected chi connectivity index (χ0v) is 22.0. The van der Waals surface area contributed by atoms with Gasteiger partial charge >= 0.3 is 0 Å². The fraction of sp³-hybridized carbons (Fsp3) is 0.480. The van der Waals surface area contributed by atoms with Crippen LogP contribution < -0.4 is 21.7 Å². The topological polar surface area (TPSA) is 108 Å². The summed E-state index contributed by atoms with van der Waals surface area (Å²) < 4.78 is 14.5. The second kappa shape index (κ2) is 11.6. The smallest absolute Gasteiger partial charge is 0.229 e. The second-order valence-electron chi connectivity index (χ2n) is 9.81. The zero-order valence-electron chi connectivity index (χ0n) is 20.4. The van der Waals surface area contributed by atoms with Gasteiger partial charge in [-0.05, 0) is 81.9 Å². The molecule has 0 spiro atoms. The summed E-state index contributed by atoms with van der Waals surface area (Å²) in [5.74, 6) is -0.692. The van der Waals surface area contributed by atoms with Gasteiger partial charge in [0.05, 0.1) is 12.1 Å². The summed E-state index contributed by atoms with van der Waals surface area (Å²) in [5.41, 5.74) is 8.68. The summed E-state index contributed by atoms with van der Waals surface area (Å²) in [7, 11) is 2.16.